The molecule has 35 heavy (non-hydrogen) atoms. The third-order valence-corrected chi connectivity index (χ3v) is 7.27. The second-order valence-electron chi connectivity index (χ2n) is 10.0. The Kier molecular flexibility index (Phi) is 9.33. The zero-order valence-corrected chi connectivity index (χ0v) is 21.8. The van der Waals surface area contributed by atoms with Gasteiger partial charge in [-0.1, -0.05) is 55.5 Å². The predicted octanol–water partition coefficient (Wildman–Crippen LogP) is 5.12. The zero-order chi connectivity index (χ0) is 25.5. The molecule has 6 nitrogen and oxygen atoms in total. The molecule has 1 aromatic carbocycles. The molecule has 1 heterocycles. The van der Waals surface area contributed by atoms with Gasteiger partial charge in [0.05, 0.1) is 17.8 Å². The van der Waals surface area contributed by atoms with Gasteiger partial charge in [0.2, 0.25) is 5.91 Å². The third-order valence-electron chi connectivity index (χ3n) is 7.27. The summed E-state index contributed by atoms with van der Waals surface area (Å²) in [5.74, 6) is -0.764. The Morgan fingerprint density at radius 2 is 1.69 bits per heavy atom. The average molecular weight is 477 g/mol. The molecular weight excluding hydrogens is 436 g/mol. The van der Waals surface area contributed by atoms with E-state index in [-0.39, 0.29) is 29.2 Å². The highest BCUT2D eigenvalue weighted by Crippen LogP contribution is 2.31. The molecule has 0 bridgehead atoms. The van der Waals surface area contributed by atoms with Crippen molar-refractivity contribution in [1.82, 2.24) is 15.6 Å². The lowest BCUT2D eigenvalue weighted by Gasteiger charge is -2.32. The van der Waals surface area contributed by atoms with Crippen LogP contribution in [0.1, 0.15) is 75.0 Å². The molecule has 0 spiro atoms. The SMILES string of the molecule is CC[C@H](C(=N)C(=O)[C@@H](NC(=O)[C@H](C)NC)C1CCCCC1)c1cncc(-c2cc(C)cc(C)c2)c1. The fraction of sp³-hybridized carbons (Fsp3) is 0.517. The summed E-state index contributed by atoms with van der Waals surface area (Å²) < 4.78 is 0. The Hall–Kier alpha value is -2.86. The smallest absolute Gasteiger partial charge is 0.237 e. The monoisotopic (exact) mass is 476 g/mol. The van der Waals surface area contributed by atoms with Crippen LogP contribution < -0.4 is 10.6 Å². The first kappa shape index (κ1) is 26.7. The van der Waals surface area contributed by atoms with Gasteiger partial charge in [-0.15, -0.1) is 0 Å². The van der Waals surface area contributed by atoms with Gasteiger partial charge in [-0.2, -0.15) is 0 Å². The molecule has 6 heteroatoms. The van der Waals surface area contributed by atoms with Crippen molar-refractivity contribution in [3.8, 4) is 11.1 Å². The Morgan fingerprint density at radius 1 is 1.03 bits per heavy atom. The van der Waals surface area contributed by atoms with Crippen LogP contribution in [0.15, 0.2) is 36.7 Å². The summed E-state index contributed by atoms with van der Waals surface area (Å²) in [5, 5.41) is 14.9. The van der Waals surface area contributed by atoms with Gasteiger partial charge in [0.25, 0.3) is 0 Å². The largest absolute Gasteiger partial charge is 0.344 e. The van der Waals surface area contributed by atoms with E-state index >= 15 is 0 Å². The molecule has 1 aromatic heterocycles. The van der Waals surface area contributed by atoms with E-state index in [1.807, 2.05) is 13.1 Å². The summed E-state index contributed by atoms with van der Waals surface area (Å²) in [6, 6.07) is 7.39. The Balaban J connectivity index is 1.89. The van der Waals surface area contributed by atoms with Gasteiger partial charge in [-0.05, 0) is 70.2 Å². The second-order valence-corrected chi connectivity index (χ2v) is 10.0. The van der Waals surface area contributed by atoms with Gasteiger partial charge in [0, 0.05) is 23.9 Å². The molecule has 0 unspecified atom stereocenters. The molecule has 188 valence electrons. The van der Waals surface area contributed by atoms with Crippen LogP contribution in [0.4, 0.5) is 0 Å². The number of Topliss-reactive ketones (excluding diaryl/α,β-unsaturated/α-hetero) is 1. The molecule has 2 aromatic rings. The number of aromatic nitrogens is 1. The maximum absolute atomic E-state index is 13.7. The fourth-order valence-corrected chi connectivity index (χ4v) is 5.17. The van der Waals surface area contributed by atoms with Crippen LogP contribution in [0.25, 0.3) is 11.1 Å². The van der Waals surface area contributed by atoms with Crippen molar-refractivity contribution in [3.63, 3.8) is 0 Å². The normalized spacial score (nSPS) is 16.8. The van der Waals surface area contributed by atoms with E-state index in [2.05, 4.69) is 53.7 Å². The molecule has 0 aliphatic heterocycles. The molecule has 0 radical (unpaired) electrons. The van der Waals surface area contributed by atoms with Gasteiger partial charge >= 0.3 is 0 Å². The molecule has 3 rings (SSSR count). The van der Waals surface area contributed by atoms with Crippen molar-refractivity contribution in [2.24, 2.45) is 5.92 Å². The Bertz CT molecular complexity index is 1040. The number of hydrogen-bond donors (Lipinski definition) is 3. The zero-order valence-electron chi connectivity index (χ0n) is 21.8. The van der Waals surface area contributed by atoms with Crippen LogP contribution in [-0.2, 0) is 9.59 Å². The summed E-state index contributed by atoms with van der Waals surface area (Å²) in [6.45, 7) is 7.92. The van der Waals surface area contributed by atoms with Crippen molar-refractivity contribution in [3.05, 3.63) is 53.3 Å². The molecule has 1 aliphatic rings. The van der Waals surface area contributed by atoms with Crippen LogP contribution in [-0.4, -0.2) is 41.5 Å². The number of nitrogens with zero attached hydrogens (tertiary/aromatic N) is 1. The van der Waals surface area contributed by atoms with Gasteiger partial charge in [-0.25, -0.2) is 0 Å². The van der Waals surface area contributed by atoms with Gasteiger partial charge in [0.1, 0.15) is 0 Å². The number of aryl methyl sites for hydroxylation is 2. The summed E-state index contributed by atoms with van der Waals surface area (Å²) in [5.41, 5.74) is 5.34. The van der Waals surface area contributed by atoms with Gasteiger partial charge in [0.15, 0.2) is 5.78 Å². The van der Waals surface area contributed by atoms with Crippen LogP contribution in [0, 0.1) is 25.2 Å². The lowest BCUT2D eigenvalue weighted by atomic mass is 9.78. The highest BCUT2D eigenvalue weighted by molar-refractivity contribution is 6.42. The number of amides is 1. The van der Waals surface area contributed by atoms with E-state index in [4.69, 9.17) is 5.41 Å². The molecule has 0 saturated heterocycles. The number of nitrogens with one attached hydrogen (secondary N) is 3. The Labute approximate surface area is 209 Å². The number of pyridine rings is 1. The summed E-state index contributed by atoms with van der Waals surface area (Å²) >= 11 is 0. The summed E-state index contributed by atoms with van der Waals surface area (Å²) in [4.78, 5) is 30.9. The molecule has 3 atom stereocenters. The van der Waals surface area contributed by atoms with Crippen molar-refractivity contribution < 1.29 is 9.59 Å². The van der Waals surface area contributed by atoms with Crippen LogP contribution >= 0.6 is 0 Å². The average Bonchev–Trinajstić information content (AvgIpc) is 2.86. The second kappa shape index (κ2) is 12.2. The summed E-state index contributed by atoms with van der Waals surface area (Å²) in [7, 11) is 1.73. The number of carbonyl (C=O) groups excluding carboxylic acids is 2. The Morgan fingerprint density at radius 3 is 2.29 bits per heavy atom. The summed E-state index contributed by atoms with van der Waals surface area (Å²) in [6.07, 6.45) is 9.28. The topological polar surface area (TPSA) is 94.9 Å². The number of carbonyl (C=O) groups is 2. The first-order chi connectivity index (χ1) is 16.7. The quantitative estimate of drug-likeness (QED) is 0.415. The number of benzene rings is 1. The molecule has 1 fully saturated rings. The van der Waals surface area contributed by atoms with E-state index in [0.717, 1.165) is 48.8 Å². The minimum atomic E-state index is -0.657. The fourth-order valence-electron chi connectivity index (χ4n) is 5.17. The predicted molar refractivity (Wildman–Crippen MR) is 142 cm³/mol. The lowest BCUT2D eigenvalue weighted by molar-refractivity contribution is -0.127. The van der Waals surface area contributed by atoms with E-state index in [1.54, 1.807) is 20.2 Å². The molecule has 1 saturated carbocycles. The van der Waals surface area contributed by atoms with Crippen molar-refractivity contribution >= 4 is 17.4 Å². The van der Waals surface area contributed by atoms with Crippen LogP contribution in [0.2, 0.25) is 0 Å². The van der Waals surface area contributed by atoms with Gasteiger partial charge in [-0.3, -0.25) is 14.6 Å². The number of likely N-dealkylation sites (N-methyl/N-ethyl adjacent to an activating group) is 1. The minimum Gasteiger partial charge on any atom is -0.344 e. The first-order valence-electron chi connectivity index (χ1n) is 12.9. The van der Waals surface area contributed by atoms with E-state index in [1.165, 1.54) is 11.1 Å². The standard InChI is InChI=1S/C29H40N4O2/c1-6-25(24-15-23(16-32-17-24)22-13-18(2)12-19(3)14-22)26(30)28(34)27(21-10-8-7-9-11-21)33-29(35)20(4)31-5/h12-17,20-21,25,27,30-31H,6-11H2,1-5H3,(H,33,35)/t20-,25-,27-/m0/s1. The molecule has 3 N–H and O–H groups in total. The molecular formula is C29H40N4O2. The number of rotatable bonds is 10. The maximum Gasteiger partial charge on any atom is 0.237 e. The highest BCUT2D eigenvalue weighted by atomic mass is 16.2. The van der Waals surface area contributed by atoms with Gasteiger partial charge < -0.3 is 16.0 Å². The van der Waals surface area contributed by atoms with Crippen molar-refractivity contribution in [2.75, 3.05) is 7.05 Å². The van der Waals surface area contributed by atoms with Crippen molar-refractivity contribution in [2.45, 2.75) is 84.2 Å². The van der Waals surface area contributed by atoms with E-state index in [9.17, 15) is 9.59 Å². The molecule has 1 aliphatic carbocycles. The van der Waals surface area contributed by atoms with Crippen molar-refractivity contribution in [1.29, 1.82) is 5.41 Å². The van der Waals surface area contributed by atoms with Crippen LogP contribution in [0.5, 0.6) is 0 Å². The van der Waals surface area contributed by atoms with E-state index in [0.29, 0.717) is 6.42 Å². The minimum absolute atomic E-state index is 0.0554. The number of ketones is 1. The first-order valence-corrected chi connectivity index (χ1v) is 12.9. The molecule has 1 amide bonds. The maximum atomic E-state index is 13.7. The van der Waals surface area contributed by atoms with E-state index < -0.39 is 12.1 Å². The lowest BCUT2D eigenvalue weighted by Crippen LogP contribution is -2.53. The third kappa shape index (κ3) is 6.63. The van der Waals surface area contributed by atoms with Crippen LogP contribution in [0.3, 0.4) is 0 Å². The number of hydrogen-bond acceptors (Lipinski definition) is 5. The highest BCUT2D eigenvalue weighted by Gasteiger charge is 2.36.